The minimum Gasteiger partial charge on any atom is -0.376 e. The van der Waals surface area contributed by atoms with Crippen molar-refractivity contribution in [1.29, 1.82) is 0 Å². The summed E-state index contributed by atoms with van der Waals surface area (Å²) in [4.78, 5) is 10.6. The summed E-state index contributed by atoms with van der Waals surface area (Å²) in [5.74, 6) is 0. The van der Waals surface area contributed by atoms with Crippen molar-refractivity contribution in [2.45, 2.75) is 19.9 Å². The molecule has 20 heavy (non-hydrogen) atoms. The highest BCUT2D eigenvalue weighted by atomic mass is 79.9. The first-order valence-electron chi connectivity index (χ1n) is 6.09. The molecule has 1 aromatic carbocycles. The molecule has 0 fully saturated rings. The molecule has 1 atom stereocenters. The maximum absolute atomic E-state index is 11.0. The fourth-order valence-corrected chi connectivity index (χ4v) is 2.66. The molecule has 0 saturated carbocycles. The zero-order valence-corrected chi connectivity index (χ0v) is 13.0. The van der Waals surface area contributed by atoms with Crippen molar-refractivity contribution in [2.75, 3.05) is 5.32 Å². The molecule has 2 aromatic rings. The van der Waals surface area contributed by atoms with Crippen molar-refractivity contribution in [3.8, 4) is 0 Å². The number of anilines is 1. The topological polar surface area (TPSA) is 73.0 Å². The molecular formula is C13H15BrN4O2. The van der Waals surface area contributed by atoms with Crippen molar-refractivity contribution in [2.24, 2.45) is 7.05 Å². The van der Waals surface area contributed by atoms with Gasteiger partial charge < -0.3 is 5.32 Å². The van der Waals surface area contributed by atoms with Gasteiger partial charge in [-0.2, -0.15) is 5.10 Å². The summed E-state index contributed by atoms with van der Waals surface area (Å²) in [6.45, 7) is 3.70. The smallest absolute Gasteiger partial charge is 0.274 e. The van der Waals surface area contributed by atoms with Gasteiger partial charge in [-0.1, -0.05) is 0 Å². The lowest BCUT2D eigenvalue weighted by Gasteiger charge is -2.17. The Balaban J connectivity index is 2.32. The summed E-state index contributed by atoms with van der Waals surface area (Å²) in [5, 5.41) is 18.4. The highest BCUT2D eigenvalue weighted by Crippen LogP contribution is 2.32. The number of nitro benzene ring substituents is 1. The van der Waals surface area contributed by atoms with E-state index in [2.05, 4.69) is 26.3 Å². The van der Waals surface area contributed by atoms with Crippen LogP contribution in [0.4, 0.5) is 11.4 Å². The molecule has 1 unspecified atom stereocenters. The van der Waals surface area contributed by atoms with Crippen molar-refractivity contribution < 1.29 is 4.92 Å². The SMILES string of the molecule is Cc1cc(Br)c(NC(C)c2ccnn2C)cc1[N+](=O)[O-]. The zero-order chi connectivity index (χ0) is 14.9. The molecule has 0 aliphatic rings. The number of aryl methyl sites for hydroxylation is 2. The summed E-state index contributed by atoms with van der Waals surface area (Å²) in [6, 6.07) is 5.19. The van der Waals surface area contributed by atoms with E-state index in [0.717, 1.165) is 10.2 Å². The Bertz CT molecular complexity index is 654. The standard InChI is InChI=1S/C13H15BrN4O2/c1-8-6-10(14)11(7-13(8)18(19)20)16-9(2)12-4-5-15-17(12)3/h4-7,9,16H,1-3H3. The molecule has 7 heteroatoms. The van der Waals surface area contributed by atoms with Crippen LogP contribution in [0, 0.1) is 17.0 Å². The van der Waals surface area contributed by atoms with Crippen LogP contribution in [-0.2, 0) is 7.05 Å². The third kappa shape index (κ3) is 2.82. The van der Waals surface area contributed by atoms with Crippen LogP contribution in [0.5, 0.6) is 0 Å². The van der Waals surface area contributed by atoms with Gasteiger partial charge in [0.25, 0.3) is 5.69 Å². The van der Waals surface area contributed by atoms with Gasteiger partial charge in [-0.3, -0.25) is 14.8 Å². The fraction of sp³-hybridized carbons (Fsp3) is 0.308. The lowest BCUT2D eigenvalue weighted by Crippen LogP contribution is -2.12. The average Bonchev–Trinajstić information content (AvgIpc) is 2.78. The van der Waals surface area contributed by atoms with E-state index in [1.807, 2.05) is 20.0 Å². The van der Waals surface area contributed by atoms with E-state index >= 15 is 0 Å². The van der Waals surface area contributed by atoms with E-state index in [-0.39, 0.29) is 16.7 Å². The lowest BCUT2D eigenvalue weighted by atomic mass is 10.1. The van der Waals surface area contributed by atoms with E-state index in [1.165, 1.54) is 0 Å². The minimum absolute atomic E-state index is 0.0129. The van der Waals surface area contributed by atoms with Crippen LogP contribution in [0.25, 0.3) is 0 Å². The molecule has 1 N–H and O–H groups in total. The maximum atomic E-state index is 11.0. The summed E-state index contributed by atoms with van der Waals surface area (Å²) < 4.78 is 2.57. The van der Waals surface area contributed by atoms with Gasteiger partial charge in [0.2, 0.25) is 0 Å². The number of nitrogens with one attached hydrogen (secondary N) is 1. The molecule has 0 spiro atoms. The highest BCUT2D eigenvalue weighted by Gasteiger charge is 2.17. The molecule has 0 aliphatic carbocycles. The number of nitrogens with zero attached hydrogens (tertiary/aromatic N) is 3. The number of benzene rings is 1. The highest BCUT2D eigenvalue weighted by molar-refractivity contribution is 9.10. The predicted octanol–water partition coefficient (Wildman–Crippen LogP) is 3.57. The zero-order valence-electron chi connectivity index (χ0n) is 11.4. The molecule has 0 radical (unpaired) electrons. The van der Waals surface area contributed by atoms with Gasteiger partial charge in [0.1, 0.15) is 0 Å². The monoisotopic (exact) mass is 338 g/mol. The Morgan fingerprint density at radius 1 is 1.50 bits per heavy atom. The van der Waals surface area contributed by atoms with Crippen LogP contribution < -0.4 is 5.32 Å². The molecule has 0 bridgehead atoms. The van der Waals surface area contributed by atoms with Crippen molar-refractivity contribution in [3.05, 3.63) is 50.2 Å². The first kappa shape index (κ1) is 14.5. The molecule has 0 amide bonds. The molecule has 1 aromatic heterocycles. The summed E-state index contributed by atoms with van der Waals surface area (Å²) in [5.41, 5.74) is 2.42. The van der Waals surface area contributed by atoms with Gasteiger partial charge in [0.15, 0.2) is 0 Å². The summed E-state index contributed by atoms with van der Waals surface area (Å²) in [7, 11) is 1.86. The summed E-state index contributed by atoms with van der Waals surface area (Å²) in [6.07, 6.45) is 1.72. The van der Waals surface area contributed by atoms with E-state index in [0.29, 0.717) is 11.3 Å². The van der Waals surface area contributed by atoms with Crippen LogP contribution in [-0.4, -0.2) is 14.7 Å². The Labute approximate surface area is 125 Å². The maximum Gasteiger partial charge on any atom is 0.274 e. The second-order valence-electron chi connectivity index (χ2n) is 4.62. The van der Waals surface area contributed by atoms with E-state index in [9.17, 15) is 10.1 Å². The molecule has 0 aliphatic heterocycles. The lowest BCUT2D eigenvalue weighted by molar-refractivity contribution is -0.385. The number of aromatic nitrogens is 2. The second-order valence-corrected chi connectivity index (χ2v) is 5.48. The van der Waals surface area contributed by atoms with E-state index in [4.69, 9.17) is 0 Å². The minimum atomic E-state index is -0.373. The predicted molar refractivity (Wildman–Crippen MR) is 80.8 cm³/mol. The van der Waals surface area contributed by atoms with Crippen LogP contribution in [0.15, 0.2) is 28.9 Å². The van der Waals surface area contributed by atoms with Crippen molar-refractivity contribution >= 4 is 27.3 Å². The quantitative estimate of drug-likeness (QED) is 0.683. The molecule has 0 saturated heterocycles. The number of rotatable bonds is 4. The van der Waals surface area contributed by atoms with Crippen molar-refractivity contribution in [1.82, 2.24) is 9.78 Å². The second kappa shape index (κ2) is 5.62. The molecule has 6 nitrogen and oxygen atoms in total. The van der Waals surface area contributed by atoms with Gasteiger partial charge in [-0.05, 0) is 41.9 Å². The fourth-order valence-electron chi connectivity index (χ4n) is 2.08. The van der Waals surface area contributed by atoms with Gasteiger partial charge in [-0.25, -0.2) is 0 Å². The summed E-state index contributed by atoms with van der Waals surface area (Å²) >= 11 is 3.43. The number of halogens is 1. The molecule has 106 valence electrons. The Morgan fingerprint density at radius 3 is 2.75 bits per heavy atom. The number of hydrogen-bond donors (Lipinski definition) is 1. The molecule has 2 rings (SSSR count). The third-order valence-electron chi connectivity index (χ3n) is 3.16. The normalized spacial score (nSPS) is 12.2. The Kier molecular flexibility index (Phi) is 4.08. The first-order valence-corrected chi connectivity index (χ1v) is 6.88. The van der Waals surface area contributed by atoms with E-state index < -0.39 is 0 Å². The molecular weight excluding hydrogens is 324 g/mol. The number of hydrogen-bond acceptors (Lipinski definition) is 4. The van der Waals surface area contributed by atoms with Gasteiger partial charge in [0, 0.05) is 29.3 Å². The first-order chi connectivity index (χ1) is 9.40. The van der Waals surface area contributed by atoms with Crippen LogP contribution in [0.2, 0.25) is 0 Å². The third-order valence-corrected chi connectivity index (χ3v) is 3.81. The Morgan fingerprint density at radius 2 is 2.20 bits per heavy atom. The Hall–Kier alpha value is -1.89. The van der Waals surface area contributed by atoms with E-state index in [1.54, 1.807) is 29.9 Å². The van der Waals surface area contributed by atoms with Gasteiger partial charge in [0.05, 0.1) is 22.3 Å². The van der Waals surface area contributed by atoms with Crippen LogP contribution in [0.1, 0.15) is 24.2 Å². The van der Waals surface area contributed by atoms with Crippen LogP contribution >= 0.6 is 15.9 Å². The largest absolute Gasteiger partial charge is 0.376 e. The van der Waals surface area contributed by atoms with Crippen molar-refractivity contribution in [3.63, 3.8) is 0 Å². The van der Waals surface area contributed by atoms with Gasteiger partial charge >= 0.3 is 0 Å². The molecule has 1 heterocycles. The van der Waals surface area contributed by atoms with Gasteiger partial charge in [-0.15, -0.1) is 0 Å². The number of nitro groups is 1. The average molecular weight is 339 g/mol. The van der Waals surface area contributed by atoms with Crippen LogP contribution in [0.3, 0.4) is 0 Å².